The van der Waals surface area contributed by atoms with Crippen LogP contribution in [0.1, 0.15) is 18.9 Å². The molecular formula is C18H20F2N2O3S. The van der Waals surface area contributed by atoms with Crippen LogP contribution in [-0.4, -0.2) is 26.9 Å². The van der Waals surface area contributed by atoms with Gasteiger partial charge >= 0.3 is 0 Å². The fourth-order valence-electron chi connectivity index (χ4n) is 2.30. The molecule has 2 aromatic rings. The van der Waals surface area contributed by atoms with Crippen LogP contribution in [0.5, 0.6) is 0 Å². The highest BCUT2D eigenvalue weighted by Crippen LogP contribution is 2.11. The van der Waals surface area contributed by atoms with Gasteiger partial charge in [0.15, 0.2) is 0 Å². The van der Waals surface area contributed by atoms with Gasteiger partial charge in [-0.1, -0.05) is 19.1 Å². The molecule has 0 aliphatic rings. The number of halogens is 2. The number of benzene rings is 2. The normalized spacial score (nSPS) is 12.6. The van der Waals surface area contributed by atoms with Crippen molar-refractivity contribution in [3.63, 3.8) is 0 Å². The Hall–Kier alpha value is -2.32. The van der Waals surface area contributed by atoms with E-state index >= 15 is 0 Å². The van der Waals surface area contributed by atoms with Gasteiger partial charge in [0.05, 0.1) is 4.90 Å². The van der Waals surface area contributed by atoms with Crippen molar-refractivity contribution in [2.75, 3.05) is 6.54 Å². The van der Waals surface area contributed by atoms with E-state index in [4.69, 9.17) is 0 Å². The third kappa shape index (κ3) is 5.60. The first-order valence-corrected chi connectivity index (χ1v) is 9.60. The van der Waals surface area contributed by atoms with Crippen LogP contribution in [0.2, 0.25) is 0 Å². The molecular weight excluding hydrogens is 362 g/mol. The monoisotopic (exact) mass is 382 g/mol. The van der Waals surface area contributed by atoms with Gasteiger partial charge in [0, 0.05) is 6.54 Å². The maximum Gasteiger partial charge on any atom is 0.241 e. The molecule has 0 aliphatic carbocycles. The zero-order valence-electron chi connectivity index (χ0n) is 14.2. The molecule has 2 N–H and O–H groups in total. The van der Waals surface area contributed by atoms with Crippen molar-refractivity contribution in [2.45, 2.75) is 30.7 Å². The van der Waals surface area contributed by atoms with Gasteiger partial charge in [-0.05, 0) is 54.8 Å². The summed E-state index contributed by atoms with van der Waals surface area (Å²) in [7, 11) is -3.93. The number of sulfonamides is 1. The molecule has 0 aliphatic heterocycles. The quantitative estimate of drug-likeness (QED) is 0.736. The molecule has 2 aromatic carbocycles. The van der Waals surface area contributed by atoms with Crippen LogP contribution in [0.15, 0.2) is 53.4 Å². The lowest BCUT2D eigenvalue weighted by atomic mass is 10.1. The van der Waals surface area contributed by atoms with Crippen molar-refractivity contribution < 1.29 is 22.0 Å². The van der Waals surface area contributed by atoms with Gasteiger partial charge in [0.1, 0.15) is 17.7 Å². The average molecular weight is 382 g/mol. The van der Waals surface area contributed by atoms with E-state index in [1.165, 1.54) is 12.1 Å². The topological polar surface area (TPSA) is 75.3 Å². The molecule has 1 amide bonds. The molecule has 0 bridgehead atoms. The predicted octanol–water partition coefficient (Wildman–Crippen LogP) is 2.38. The Labute approximate surface area is 151 Å². The van der Waals surface area contributed by atoms with Crippen LogP contribution in [0.25, 0.3) is 0 Å². The molecule has 26 heavy (non-hydrogen) atoms. The Kier molecular flexibility index (Phi) is 6.82. The number of amides is 1. The summed E-state index contributed by atoms with van der Waals surface area (Å²) in [5.41, 5.74) is 0.853. The predicted molar refractivity (Wildman–Crippen MR) is 93.9 cm³/mol. The fourth-order valence-corrected chi connectivity index (χ4v) is 3.57. The Morgan fingerprint density at radius 2 is 1.54 bits per heavy atom. The number of hydrogen-bond acceptors (Lipinski definition) is 3. The summed E-state index contributed by atoms with van der Waals surface area (Å²) in [5.74, 6) is -1.34. The summed E-state index contributed by atoms with van der Waals surface area (Å²) in [4.78, 5) is 12.1. The molecule has 0 heterocycles. The van der Waals surface area contributed by atoms with E-state index in [9.17, 15) is 22.0 Å². The first-order chi connectivity index (χ1) is 12.3. The standard InChI is InChI=1S/C18H20F2N2O3S/c1-2-17(22-26(24,25)16-9-7-15(20)8-10-16)18(23)21-12-11-13-3-5-14(19)6-4-13/h3-10,17,22H,2,11-12H2,1H3,(H,21,23). The highest BCUT2D eigenvalue weighted by Gasteiger charge is 2.24. The molecule has 8 heteroatoms. The molecule has 0 aromatic heterocycles. The van der Waals surface area contributed by atoms with E-state index in [1.54, 1.807) is 19.1 Å². The Morgan fingerprint density at radius 1 is 1.00 bits per heavy atom. The van der Waals surface area contributed by atoms with Crippen LogP contribution in [0.4, 0.5) is 8.78 Å². The van der Waals surface area contributed by atoms with Crippen molar-refractivity contribution in [1.82, 2.24) is 10.0 Å². The zero-order chi connectivity index (χ0) is 19.2. The maximum absolute atomic E-state index is 12.9. The van der Waals surface area contributed by atoms with E-state index in [0.717, 1.165) is 29.8 Å². The van der Waals surface area contributed by atoms with Crippen molar-refractivity contribution in [2.24, 2.45) is 0 Å². The number of carbonyl (C=O) groups is 1. The van der Waals surface area contributed by atoms with E-state index in [2.05, 4.69) is 10.0 Å². The SMILES string of the molecule is CCC(NS(=O)(=O)c1ccc(F)cc1)C(=O)NCCc1ccc(F)cc1. The minimum atomic E-state index is -3.93. The number of nitrogens with one attached hydrogen (secondary N) is 2. The summed E-state index contributed by atoms with van der Waals surface area (Å²) >= 11 is 0. The minimum absolute atomic E-state index is 0.114. The van der Waals surface area contributed by atoms with Crippen LogP contribution in [0.3, 0.4) is 0 Å². The van der Waals surface area contributed by atoms with E-state index in [1.807, 2.05) is 0 Å². The first kappa shape index (κ1) is 20.0. The molecule has 0 saturated heterocycles. The van der Waals surface area contributed by atoms with Crippen molar-refractivity contribution in [1.29, 1.82) is 0 Å². The van der Waals surface area contributed by atoms with Gasteiger partial charge in [-0.3, -0.25) is 4.79 Å². The molecule has 0 spiro atoms. The van der Waals surface area contributed by atoms with E-state index < -0.39 is 27.8 Å². The van der Waals surface area contributed by atoms with Gasteiger partial charge in [-0.15, -0.1) is 0 Å². The summed E-state index contributed by atoms with van der Waals surface area (Å²) in [5, 5.41) is 2.66. The molecule has 5 nitrogen and oxygen atoms in total. The van der Waals surface area contributed by atoms with Gasteiger partial charge < -0.3 is 5.32 Å². The van der Waals surface area contributed by atoms with Crippen molar-refractivity contribution >= 4 is 15.9 Å². The second-order valence-corrected chi connectivity index (χ2v) is 7.42. The van der Waals surface area contributed by atoms with E-state index in [-0.39, 0.29) is 17.1 Å². The lowest BCUT2D eigenvalue weighted by Gasteiger charge is -2.17. The lowest BCUT2D eigenvalue weighted by Crippen LogP contribution is -2.46. The van der Waals surface area contributed by atoms with E-state index in [0.29, 0.717) is 13.0 Å². The van der Waals surface area contributed by atoms with Crippen LogP contribution >= 0.6 is 0 Å². The lowest BCUT2D eigenvalue weighted by molar-refractivity contribution is -0.122. The Bertz CT molecular complexity index is 838. The summed E-state index contributed by atoms with van der Waals surface area (Å²) in [6.07, 6.45) is 0.746. The van der Waals surface area contributed by atoms with Gasteiger partial charge in [-0.2, -0.15) is 4.72 Å². The minimum Gasteiger partial charge on any atom is -0.354 e. The highest BCUT2D eigenvalue weighted by molar-refractivity contribution is 7.89. The number of carbonyl (C=O) groups excluding carboxylic acids is 1. The molecule has 0 fully saturated rings. The fraction of sp³-hybridized carbons (Fsp3) is 0.278. The Morgan fingerprint density at radius 3 is 2.08 bits per heavy atom. The molecule has 1 atom stereocenters. The largest absolute Gasteiger partial charge is 0.354 e. The number of rotatable bonds is 8. The highest BCUT2D eigenvalue weighted by atomic mass is 32.2. The summed E-state index contributed by atoms with van der Waals surface area (Å²) in [6.45, 7) is 1.97. The second kappa shape index (κ2) is 8.86. The second-order valence-electron chi connectivity index (χ2n) is 5.70. The first-order valence-electron chi connectivity index (χ1n) is 8.12. The molecule has 2 rings (SSSR count). The van der Waals surface area contributed by atoms with Crippen molar-refractivity contribution in [3.05, 3.63) is 65.7 Å². The third-order valence-electron chi connectivity index (χ3n) is 3.77. The van der Waals surface area contributed by atoms with Crippen LogP contribution < -0.4 is 10.0 Å². The molecule has 0 radical (unpaired) electrons. The maximum atomic E-state index is 12.9. The average Bonchev–Trinajstić information content (AvgIpc) is 2.61. The van der Waals surface area contributed by atoms with Crippen molar-refractivity contribution in [3.8, 4) is 0 Å². The van der Waals surface area contributed by atoms with Gasteiger partial charge in [-0.25, -0.2) is 17.2 Å². The third-order valence-corrected chi connectivity index (χ3v) is 5.26. The number of hydrogen-bond donors (Lipinski definition) is 2. The molecule has 1 unspecified atom stereocenters. The van der Waals surface area contributed by atoms with Crippen LogP contribution in [0, 0.1) is 11.6 Å². The van der Waals surface area contributed by atoms with Crippen LogP contribution in [-0.2, 0) is 21.2 Å². The summed E-state index contributed by atoms with van der Waals surface area (Å²) in [6, 6.07) is 9.32. The molecule has 0 saturated carbocycles. The summed E-state index contributed by atoms with van der Waals surface area (Å²) < 4.78 is 52.7. The smallest absolute Gasteiger partial charge is 0.241 e. The van der Waals surface area contributed by atoms with Gasteiger partial charge in [0.2, 0.25) is 15.9 Å². The van der Waals surface area contributed by atoms with Gasteiger partial charge in [0.25, 0.3) is 0 Å². The Balaban J connectivity index is 1.93. The zero-order valence-corrected chi connectivity index (χ0v) is 15.0. The molecule has 140 valence electrons.